The summed E-state index contributed by atoms with van der Waals surface area (Å²) in [5, 5.41) is 10.4. The third-order valence-electron chi connectivity index (χ3n) is 3.90. The number of rotatable bonds is 4. The van der Waals surface area contributed by atoms with Gasteiger partial charge in [-0.2, -0.15) is 5.26 Å². The number of thioether (sulfide) groups is 1. The molecule has 2 aromatic rings. The van der Waals surface area contributed by atoms with Crippen LogP contribution < -0.4 is 0 Å². The summed E-state index contributed by atoms with van der Waals surface area (Å²) >= 11 is 1.61. The second-order valence-electron chi connectivity index (χ2n) is 5.60. The lowest BCUT2D eigenvalue weighted by atomic mass is 10.0. The molecule has 4 heteroatoms. The molecule has 24 heavy (non-hydrogen) atoms. The average molecular weight is 334 g/mol. The zero-order valence-electron chi connectivity index (χ0n) is 13.3. The van der Waals surface area contributed by atoms with Gasteiger partial charge in [-0.25, -0.2) is 0 Å². The lowest BCUT2D eigenvalue weighted by molar-refractivity contribution is 0.103. The largest absolute Gasteiger partial charge is 0.361 e. The summed E-state index contributed by atoms with van der Waals surface area (Å²) in [6.45, 7) is 1.58. The van der Waals surface area contributed by atoms with Gasteiger partial charge in [-0.15, -0.1) is 11.8 Å². The highest BCUT2D eigenvalue weighted by Gasteiger charge is 2.24. The molecular weight excluding hydrogens is 316 g/mol. The van der Waals surface area contributed by atoms with Crippen molar-refractivity contribution in [2.24, 2.45) is 0 Å². The van der Waals surface area contributed by atoms with Gasteiger partial charge in [0.1, 0.15) is 11.6 Å². The number of hydrogen-bond donors (Lipinski definition) is 0. The van der Waals surface area contributed by atoms with E-state index in [1.807, 2.05) is 36.4 Å². The minimum absolute atomic E-state index is 0.194. The van der Waals surface area contributed by atoms with Crippen LogP contribution in [0.4, 0.5) is 0 Å². The van der Waals surface area contributed by atoms with Gasteiger partial charge in [0.15, 0.2) is 0 Å². The first kappa shape index (κ1) is 16.4. The lowest BCUT2D eigenvalue weighted by Crippen LogP contribution is -2.29. The molecule has 0 amide bonds. The maximum Gasteiger partial charge on any atom is 0.206 e. The van der Waals surface area contributed by atoms with Crippen LogP contribution in [0.5, 0.6) is 0 Å². The minimum Gasteiger partial charge on any atom is -0.361 e. The van der Waals surface area contributed by atoms with Gasteiger partial charge in [-0.1, -0.05) is 60.7 Å². The monoisotopic (exact) mass is 334 g/mol. The molecule has 0 unspecified atom stereocenters. The Hall–Kier alpha value is -2.51. The summed E-state index contributed by atoms with van der Waals surface area (Å²) in [5.41, 5.74) is 2.00. The first-order valence-electron chi connectivity index (χ1n) is 7.95. The summed E-state index contributed by atoms with van der Waals surface area (Å²) in [4.78, 5) is 14.9. The van der Waals surface area contributed by atoms with Gasteiger partial charge in [-0.05, 0) is 12.0 Å². The molecule has 0 atom stereocenters. The summed E-state index contributed by atoms with van der Waals surface area (Å²) in [5.74, 6) is 0.744. The van der Waals surface area contributed by atoms with Gasteiger partial charge < -0.3 is 4.90 Å². The van der Waals surface area contributed by atoms with Crippen molar-refractivity contribution in [1.82, 2.24) is 4.90 Å². The molecule has 0 N–H and O–H groups in total. The molecule has 0 spiro atoms. The van der Waals surface area contributed by atoms with Crippen LogP contribution in [-0.2, 0) is 6.54 Å². The molecule has 2 aromatic carbocycles. The van der Waals surface area contributed by atoms with E-state index in [1.54, 1.807) is 23.9 Å². The van der Waals surface area contributed by atoms with Crippen LogP contribution in [0, 0.1) is 11.3 Å². The zero-order valence-corrected chi connectivity index (χ0v) is 14.1. The molecule has 0 bridgehead atoms. The standard InChI is InChI=1S/C20H18N2OS/c21-14-18(19(23)17-10-5-2-6-11-17)20-22(12-7-13-24-20)15-16-8-3-1-4-9-16/h1-6,8-11H,7,12-13,15H2/b20-18+. The van der Waals surface area contributed by atoms with E-state index in [2.05, 4.69) is 23.1 Å². The highest BCUT2D eigenvalue weighted by Crippen LogP contribution is 2.32. The fourth-order valence-electron chi connectivity index (χ4n) is 2.73. The number of hydrogen-bond acceptors (Lipinski definition) is 4. The number of allylic oxidation sites excluding steroid dienone is 1. The van der Waals surface area contributed by atoms with Crippen molar-refractivity contribution >= 4 is 17.5 Å². The Morgan fingerprint density at radius 1 is 1.08 bits per heavy atom. The van der Waals surface area contributed by atoms with Crippen LogP contribution in [0.2, 0.25) is 0 Å². The molecule has 1 saturated heterocycles. The molecule has 0 radical (unpaired) electrons. The Kier molecular flexibility index (Phi) is 5.35. The fourth-order valence-corrected chi connectivity index (χ4v) is 3.82. The van der Waals surface area contributed by atoms with E-state index in [1.165, 1.54) is 5.56 Å². The van der Waals surface area contributed by atoms with Crippen molar-refractivity contribution in [3.63, 3.8) is 0 Å². The van der Waals surface area contributed by atoms with E-state index in [-0.39, 0.29) is 11.4 Å². The van der Waals surface area contributed by atoms with Crippen LogP contribution >= 0.6 is 11.8 Å². The zero-order chi connectivity index (χ0) is 16.8. The van der Waals surface area contributed by atoms with Crippen molar-refractivity contribution in [2.45, 2.75) is 13.0 Å². The van der Waals surface area contributed by atoms with Crippen LogP contribution in [0.1, 0.15) is 22.3 Å². The molecule has 1 aliphatic rings. The Balaban J connectivity index is 1.93. The highest BCUT2D eigenvalue weighted by atomic mass is 32.2. The Labute approximate surface area is 146 Å². The van der Waals surface area contributed by atoms with Gasteiger partial charge in [0, 0.05) is 24.4 Å². The predicted octanol–water partition coefficient (Wildman–Crippen LogP) is 4.24. The number of Topliss-reactive ketones (excluding diaryl/α,β-unsaturated/α-hetero) is 1. The van der Waals surface area contributed by atoms with Crippen molar-refractivity contribution < 1.29 is 4.79 Å². The number of benzene rings is 2. The summed E-state index contributed by atoms with van der Waals surface area (Å²) in [7, 11) is 0. The van der Waals surface area contributed by atoms with Crippen LogP contribution in [-0.4, -0.2) is 23.0 Å². The van der Waals surface area contributed by atoms with Crippen LogP contribution in [0.15, 0.2) is 71.3 Å². The summed E-state index contributed by atoms with van der Waals surface area (Å²) in [6, 6.07) is 21.3. The number of ketones is 1. The van der Waals surface area contributed by atoms with E-state index in [0.717, 1.165) is 30.3 Å². The van der Waals surface area contributed by atoms with Gasteiger partial charge in [0.25, 0.3) is 0 Å². The average Bonchev–Trinajstić information content (AvgIpc) is 2.65. The normalized spacial score (nSPS) is 16.4. The second-order valence-corrected chi connectivity index (χ2v) is 6.68. The summed E-state index contributed by atoms with van der Waals surface area (Å²) < 4.78 is 0. The Bertz CT molecular complexity index is 778. The molecular formula is C20H18N2OS. The molecule has 3 nitrogen and oxygen atoms in total. The van der Waals surface area contributed by atoms with Gasteiger partial charge >= 0.3 is 0 Å². The SMILES string of the molecule is N#C/C(C(=O)c1ccccc1)=C1\SCCCN1Cc1ccccc1. The molecule has 0 aromatic heterocycles. The first-order valence-corrected chi connectivity index (χ1v) is 8.94. The lowest BCUT2D eigenvalue weighted by Gasteiger charge is -2.31. The topological polar surface area (TPSA) is 44.1 Å². The second kappa shape index (κ2) is 7.85. The number of nitrogens with zero attached hydrogens (tertiary/aromatic N) is 2. The van der Waals surface area contributed by atoms with E-state index in [4.69, 9.17) is 0 Å². The third-order valence-corrected chi connectivity index (χ3v) is 5.13. The van der Waals surface area contributed by atoms with Gasteiger partial charge in [0.2, 0.25) is 5.78 Å². The maximum absolute atomic E-state index is 12.8. The highest BCUT2D eigenvalue weighted by molar-refractivity contribution is 8.03. The molecule has 1 fully saturated rings. The Morgan fingerprint density at radius 3 is 2.42 bits per heavy atom. The number of carbonyl (C=O) groups excluding carboxylic acids is 1. The van der Waals surface area contributed by atoms with Crippen molar-refractivity contribution in [2.75, 3.05) is 12.3 Å². The van der Waals surface area contributed by atoms with E-state index in [0.29, 0.717) is 5.56 Å². The maximum atomic E-state index is 12.8. The molecule has 1 aliphatic heterocycles. The van der Waals surface area contributed by atoms with E-state index < -0.39 is 0 Å². The fraction of sp³-hybridized carbons (Fsp3) is 0.200. The third kappa shape index (κ3) is 3.69. The number of carbonyl (C=O) groups is 1. The predicted molar refractivity (Wildman–Crippen MR) is 97.3 cm³/mol. The first-order chi connectivity index (χ1) is 11.8. The minimum atomic E-state index is -0.194. The summed E-state index contributed by atoms with van der Waals surface area (Å²) in [6.07, 6.45) is 1.05. The molecule has 1 heterocycles. The quantitative estimate of drug-likeness (QED) is 0.476. The molecule has 120 valence electrons. The van der Waals surface area contributed by atoms with Gasteiger partial charge in [-0.3, -0.25) is 4.79 Å². The van der Waals surface area contributed by atoms with E-state index >= 15 is 0 Å². The van der Waals surface area contributed by atoms with Crippen molar-refractivity contribution in [1.29, 1.82) is 5.26 Å². The smallest absolute Gasteiger partial charge is 0.206 e. The van der Waals surface area contributed by atoms with E-state index in [9.17, 15) is 10.1 Å². The Morgan fingerprint density at radius 2 is 1.75 bits per heavy atom. The van der Waals surface area contributed by atoms with Crippen LogP contribution in [0.3, 0.4) is 0 Å². The van der Waals surface area contributed by atoms with Crippen molar-refractivity contribution in [3.05, 3.63) is 82.4 Å². The molecule has 0 saturated carbocycles. The van der Waals surface area contributed by atoms with Gasteiger partial charge in [0.05, 0.1) is 5.03 Å². The molecule has 3 rings (SSSR count). The van der Waals surface area contributed by atoms with Crippen LogP contribution in [0.25, 0.3) is 0 Å². The molecule has 0 aliphatic carbocycles. The van der Waals surface area contributed by atoms with Crippen molar-refractivity contribution in [3.8, 4) is 6.07 Å². The number of nitriles is 1.